The van der Waals surface area contributed by atoms with Crippen LogP contribution < -0.4 is 14.8 Å². The summed E-state index contributed by atoms with van der Waals surface area (Å²) in [6.45, 7) is -0.233. The minimum absolute atomic E-state index is 0.233. The molecule has 0 saturated heterocycles. The highest BCUT2D eigenvalue weighted by Crippen LogP contribution is 2.23. The van der Waals surface area contributed by atoms with Crippen molar-refractivity contribution in [3.8, 4) is 11.5 Å². The first-order valence-electron chi connectivity index (χ1n) is 8.80. The first kappa shape index (κ1) is 19.8. The summed E-state index contributed by atoms with van der Waals surface area (Å²) in [7, 11) is 1.51. The lowest BCUT2D eigenvalue weighted by Crippen LogP contribution is -2.20. The van der Waals surface area contributed by atoms with E-state index in [1.807, 2.05) is 30.3 Å². The second-order valence-electron chi connectivity index (χ2n) is 5.94. The summed E-state index contributed by atoms with van der Waals surface area (Å²) in [4.78, 5) is 23.3. The maximum atomic E-state index is 12.1. The fraction of sp³-hybridized carbons (Fsp3) is 0.0909. The fourth-order valence-electron chi connectivity index (χ4n) is 2.44. The molecule has 7 heteroatoms. The van der Waals surface area contributed by atoms with Gasteiger partial charge in [-0.3, -0.25) is 9.59 Å². The topological polar surface area (TPSA) is 89.3 Å². The van der Waals surface area contributed by atoms with Crippen LogP contribution >= 0.6 is 0 Å². The Balaban J connectivity index is 1.54. The van der Waals surface area contributed by atoms with Crippen LogP contribution in [0.15, 0.2) is 83.0 Å². The summed E-state index contributed by atoms with van der Waals surface area (Å²) >= 11 is 0. The van der Waals surface area contributed by atoms with Crippen molar-refractivity contribution in [1.82, 2.24) is 0 Å². The second kappa shape index (κ2) is 9.80. The molecular formula is C22H19N3O4. The molecular weight excluding hydrogens is 370 g/mol. The third-order valence-electron chi connectivity index (χ3n) is 3.89. The normalized spacial score (nSPS) is 10.5. The second-order valence-corrected chi connectivity index (χ2v) is 5.94. The fourth-order valence-corrected chi connectivity index (χ4v) is 2.44. The summed E-state index contributed by atoms with van der Waals surface area (Å²) in [5, 5.41) is 11.0. The zero-order valence-electron chi connectivity index (χ0n) is 15.7. The van der Waals surface area contributed by atoms with Gasteiger partial charge in [-0.05, 0) is 54.6 Å². The Morgan fingerprint density at radius 1 is 0.966 bits per heavy atom. The monoisotopic (exact) mass is 389 g/mol. The van der Waals surface area contributed by atoms with E-state index < -0.39 is 0 Å². The average Bonchev–Trinajstić information content (AvgIpc) is 2.77. The van der Waals surface area contributed by atoms with E-state index in [9.17, 15) is 9.59 Å². The van der Waals surface area contributed by atoms with Crippen LogP contribution in [0.5, 0.6) is 11.5 Å². The minimum atomic E-state index is -0.351. The van der Waals surface area contributed by atoms with Gasteiger partial charge in [-0.1, -0.05) is 18.2 Å². The molecule has 29 heavy (non-hydrogen) atoms. The van der Waals surface area contributed by atoms with E-state index in [2.05, 4.69) is 15.5 Å². The van der Waals surface area contributed by atoms with Crippen LogP contribution in [0.4, 0.5) is 17.1 Å². The van der Waals surface area contributed by atoms with Gasteiger partial charge in [0.2, 0.25) is 0 Å². The summed E-state index contributed by atoms with van der Waals surface area (Å²) in [6.07, 6.45) is 0.651. The number of amides is 1. The van der Waals surface area contributed by atoms with Crippen molar-refractivity contribution in [1.29, 1.82) is 0 Å². The highest BCUT2D eigenvalue weighted by Gasteiger charge is 2.08. The van der Waals surface area contributed by atoms with Crippen LogP contribution in [-0.2, 0) is 4.79 Å². The molecule has 1 N–H and O–H groups in total. The third kappa shape index (κ3) is 5.74. The number of aldehydes is 1. The van der Waals surface area contributed by atoms with Gasteiger partial charge in [-0.25, -0.2) is 0 Å². The Morgan fingerprint density at radius 3 is 2.31 bits per heavy atom. The zero-order valence-corrected chi connectivity index (χ0v) is 15.7. The molecule has 3 aromatic rings. The Bertz CT molecular complexity index is 1000. The Kier molecular flexibility index (Phi) is 6.67. The first-order valence-corrected chi connectivity index (χ1v) is 8.80. The molecule has 3 rings (SSSR count). The molecule has 0 aromatic heterocycles. The molecule has 0 aliphatic carbocycles. The summed E-state index contributed by atoms with van der Waals surface area (Å²) in [6, 6.07) is 21.1. The van der Waals surface area contributed by atoms with Crippen LogP contribution in [0.2, 0.25) is 0 Å². The highest BCUT2D eigenvalue weighted by molar-refractivity contribution is 5.92. The number of hydrogen-bond acceptors (Lipinski definition) is 6. The number of nitrogens with one attached hydrogen (secondary N) is 1. The van der Waals surface area contributed by atoms with Gasteiger partial charge in [0.25, 0.3) is 5.91 Å². The maximum Gasteiger partial charge on any atom is 0.262 e. The summed E-state index contributed by atoms with van der Waals surface area (Å²) in [5.41, 5.74) is 2.33. The molecule has 0 aliphatic heterocycles. The van der Waals surface area contributed by atoms with Crippen molar-refractivity contribution >= 4 is 29.3 Å². The van der Waals surface area contributed by atoms with E-state index in [0.717, 1.165) is 5.69 Å². The molecule has 146 valence electrons. The minimum Gasteiger partial charge on any atom is -0.497 e. The molecule has 1 amide bonds. The SMILES string of the molecule is COc1ccc(OCC(=O)Nc2ccc(N=Nc3ccccc3)cc2)c(C=O)c1. The number of carbonyl (C=O) groups excluding carboxylic acids is 2. The molecule has 0 aliphatic rings. The van der Waals surface area contributed by atoms with Crippen LogP contribution in [0.1, 0.15) is 10.4 Å². The van der Waals surface area contributed by atoms with Crippen LogP contribution in [-0.4, -0.2) is 25.9 Å². The molecule has 0 heterocycles. The number of ether oxygens (including phenoxy) is 2. The van der Waals surface area contributed by atoms with E-state index in [-0.39, 0.29) is 12.5 Å². The van der Waals surface area contributed by atoms with Gasteiger partial charge < -0.3 is 14.8 Å². The van der Waals surface area contributed by atoms with Crippen LogP contribution in [0.25, 0.3) is 0 Å². The maximum absolute atomic E-state index is 12.1. The van der Waals surface area contributed by atoms with Crippen LogP contribution in [0.3, 0.4) is 0 Å². The number of nitrogens with zero attached hydrogens (tertiary/aromatic N) is 2. The Hall–Kier alpha value is -4.00. The predicted molar refractivity (Wildman–Crippen MR) is 110 cm³/mol. The van der Waals surface area contributed by atoms with Gasteiger partial charge in [-0.2, -0.15) is 10.2 Å². The summed E-state index contributed by atoms with van der Waals surface area (Å²) < 4.78 is 10.5. The van der Waals surface area contributed by atoms with E-state index >= 15 is 0 Å². The number of azo groups is 1. The summed E-state index contributed by atoms with van der Waals surface area (Å²) in [5.74, 6) is 0.498. The predicted octanol–water partition coefficient (Wildman–Crippen LogP) is 4.94. The Labute approximate surface area is 168 Å². The average molecular weight is 389 g/mol. The zero-order chi connectivity index (χ0) is 20.5. The lowest BCUT2D eigenvalue weighted by Gasteiger charge is -2.10. The number of anilines is 1. The van der Waals surface area contributed by atoms with Gasteiger partial charge >= 0.3 is 0 Å². The smallest absolute Gasteiger partial charge is 0.262 e. The molecule has 7 nitrogen and oxygen atoms in total. The van der Waals surface area contributed by atoms with E-state index in [1.165, 1.54) is 7.11 Å². The number of hydrogen-bond donors (Lipinski definition) is 1. The van der Waals surface area contributed by atoms with E-state index in [0.29, 0.717) is 34.7 Å². The standard InChI is InChI=1S/C22H19N3O4/c1-28-20-11-12-21(16(13-20)14-26)29-15-22(27)23-17-7-9-19(10-8-17)25-24-18-5-3-2-4-6-18/h2-14H,15H2,1H3,(H,23,27). The van der Waals surface area contributed by atoms with Crippen molar-refractivity contribution in [2.75, 3.05) is 19.0 Å². The Morgan fingerprint density at radius 2 is 1.66 bits per heavy atom. The van der Waals surface area contributed by atoms with Crippen LogP contribution in [0, 0.1) is 0 Å². The molecule has 0 atom stereocenters. The quantitative estimate of drug-likeness (QED) is 0.436. The lowest BCUT2D eigenvalue weighted by atomic mass is 10.2. The largest absolute Gasteiger partial charge is 0.497 e. The van der Waals surface area contributed by atoms with E-state index in [1.54, 1.807) is 42.5 Å². The number of benzene rings is 3. The molecule has 0 unspecified atom stereocenters. The molecule has 0 fully saturated rings. The van der Waals surface area contributed by atoms with Crippen molar-refractivity contribution in [2.45, 2.75) is 0 Å². The van der Waals surface area contributed by atoms with E-state index in [4.69, 9.17) is 9.47 Å². The molecule has 0 radical (unpaired) electrons. The van der Waals surface area contributed by atoms with Crippen molar-refractivity contribution in [3.63, 3.8) is 0 Å². The third-order valence-corrected chi connectivity index (χ3v) is 3.89. The number of methoxy groups -OCH3 is 1. The van der Waals surface area contributed by atoms with Gasteiger partial charge in [0.15, 0.2) is 12.9 Å². The molecule has 3 aromatic carbocycles. The van der Waals surface area contributed by atoms with Gasteiger partial charge in [0.05, 0.1) is 24.0 Å². The highest BCUT2D eigenvalue weighted by atomic mass is 16.5. The van der Waals surface area contributed by atoms with Crippen molar-refractivity contribution in [2.24, 2.45) is 10.2 Å². The van der Waals surface area contributed by atoms with Gasteiger partial charge in [-0.15, -0.1) is 0 Å². The number of carbonyl (C=O) groups is 2. The molecule has 0 bridgehead atoms. The molecule has 0 spiro atoms. The molecule has 0 saturated carbocycles. The van der Waals surface area contributed by atoms with Crippen molar-refractivity contribution < 1.29 is 19.1 Å². The van der Waals surface area contributed by atoms with Gasteiger partial charge in [0.1, 0.15) is 11.5 Å². The van der Waals surface area contributed by atoms with Crippen molar-refractivity contribution in [3.05, 3.63) is 78.4 Å². The lowest BCUT2D eigenvalue weighted by molar-refractivity contribution is -0.118. The first-order chi connectivity index (χ1) is 14.2. The van der Waals surface area contributed by atoms with Gasteiger partial charge in [0, 0.05) is 5.69 Å². The number of rotatable bonds is 8.